The molecule has 0 saturated heterocycles. The van der Waals surface area contributed by atoms with Crippen LogP contribution in [0.15, 0.2) is 51.8 Å². The van der Waals surface area contributed by atoms with Crippen LogP contribution in [0.4, 0.5) is 15.8 Å². The number of sulfonamides is 1. The van der Waals surface area contributed by atoms with E-state index in [1.165, 1.54) is 36.4 Å². The standard InChI is InChI=1S/C12H10BrFN2O2S/c13-11-5-4-10(7-12(11)15)19(17,18)16-9-3-1-2-8(14)6-9/h1-7,16H,15H2. The van der Waals surface area contributed by atoms with Crippen molar-refractivity contribution >= 4 is 37.3 Å². The Morgan fingerprint density at radius 3 is 2.53 bits per heavy atom. The largest absolute Gasteiger partial charge is 0.398 e. The van der Waals surface area contributed by atoms with Crippen LogP contribution in [0, 0.1) is 5.82 Å². The van der Waals surface area contributed by atoms with Gasteiger partial charge in [0.25, 0.3) is 10.0 Å². The zero-order valence-electron chi connectivity index (χ0n) is 9.60. The summed E-state index contributed by atoms with van der Waals surface area (Å²) in [6.45, 7) is 0. The highest BCUT2D eigenvalue weighted by Gasteiger charge is 2.15. The van der Waals surface area contributed by atoms with Crippen molar-refractivity contribution in [3.63, 3.8) is 0 Å². The predicted molar refractivity (Wildman–Crippen MR) is 75.8 cm³/mol. The third kappa shape index (κ3) is 3.24. The molecule has 3 N–H and O–H groups in total. The average Bonchev–Trinajstić information content (AvgIpc) is 2.32. The van der Waals surface area contributed by atoms with E-state index in [9.17, 15) is 12.8 Å². The van der Waals surface area contributed by atoms with Gasteiger partial charge in [0.2, 0.25) is 0 Å². The van der Waals surface area contributed by atoms with Gasteiger partial charge in [0, 0.05) is 10.2 Å². The molecular weight excluding hydrogens is 335 g/mol. The Morgan fingerprint density at radius 1 is 1.16 bits per heavy atom. The minimum absolute atomic E-state index is 0.0115. The van der Waals surface area contributed by atoms with E-state index in [4.69, 9.17) is 5.73 Å². The van der Waals surface area contributed by atoms with Crippen molar-refractivity contribution in [2.45, 2.75) is 4.90 Å². The van der Waals surface area contributed by atoms with E-state index in [0.29, 0.717) is 10.2 Å². The Bertz CT molecular complexity index is 719. The molecule has 2 aromatic rings. The molecule has 0 spiro atoms. The quantitative estimate of drug-likeness (QED) is 0.840. The van der Waals surface area contributed by atoms with E-state index >= 15 is 0 Å². The van der Waals surface area contributed by atoms with Gasteiger partial charge in [0.1, 0.15) is 5.82 Å². The van der Waals surface area contributed by atoms with Crippen LogP contribution < -0.4 is 10.5 Å². The summed E-state index contributed by atoms with van der Waals surface area (Å²) in [4.78, 5) is 0.0115. The van der Waals surface area contributed by atoms with E-state index in [0.717, 1.165) is 6.07 Å². The first-order valence-electron chi connectivity index (χ1n) is 5.22. The second-order valence-electron chi connectivity index (χ2n) is 3.80. The van der Waals surface area contributed by atoms with Crippen LogP contribution >= 0.6 is 15.9 Å². The molecule has 0 radical (unpaired) electrons. The number of hydrogen-bond donors (Lipinski definition) is 2. The maximum atomic E-state index is 13.0. The minimum atomic E-state index is -3.79. The monoisotopic (exact) mass is 344 g/mol. The lowest BCUT2D eigenvalue weighted by Gasteiger charge is -2.09. The van der Waals surface area contributed by atoms with Crippen LogP contribution in [0.5, 0.6) is 0 Å². The Balaban J connectivity index is 2.35. The average molecular weight is 345 g/mol. The van der Waals surface area contributed by atoms with Gasteiger partial charge in [-0.2, -0.15) is 0 Å². The molecular formula is C12H10BrFN2O2S. The maximum absolute atomic E-state index is 13.0. The van der Waals surface area contributed by atoms with Crippen molar-refractivity contribution in [1.29, 1.82) is 0 Å². The molecule has 4 nitrogen and oxygen atoms in total. The van der Waals surface area contributed by atoms with Gasteiger partial charge in [0.15, 0.2) is 0 Å². The Hall–Kier alpha value is -1.60. The zero-order valence-corrected chi connectivity index (χ0v) is 12.0. The van der Waals surface area contributed by atoms with Crippen LogP contribution in [0.2, 0.25) is 0 Å². The summed E-state index contributed by atoms with van der Waals surface area (Å²) >= 11 is 3.18. The topological polar surface area (TPSA) is 72.2 Å². The second kappa shape index (κ2) is 5.18. The lowest BCUT2D eigenvalue weighted by atomic mass is 10.3. The fraction of sp³-hybridized carbons (Fsp3) is 0. The van der Waals surface area contributed by atoms with Crippen LogP contribution in [0.25, 0.3) is 0 Å². The second-order valence-corrected chi connectivity index (χ2v) is 6.34. The predicted octanol–water partition coefficient (Wildman–Crippen LogP) is 2.97. The lowest BCUT2D eigenvalue weighted by Crippen LogP contribution is -2.13. The molecule has 2 rings (SSSR count). The summed E-state index contributed by atoms with van der Waals surface area (Å²) in [5, 5.41) is 0. The van der Waals surface area contributed by atoms with Crippen LogP contribution in [0.3, 0.4) is 0 Å². The summed E-state index contributed by atoms with van der Waals surface area (Å²) in [5.74, 6) is -0.518. The van der Waals surface area contributed by atoms with Gasteiger partial charge >= 0.3 is 0 Å². The molecule has 2 aromatic carbocycles. The number of nitrogens with two attached hydrogens (primary N) is 1. The van der Waals surface area contributed by atoms with E-state index in [2.05, 4.69) is 20.7 Å². The van der Waals surface area contributed by atoms with Crippen molar-refractivity contribution in [1.82, 2.24) is 0 Å². The highest BCUT2D eigenvalue weighted by atomic mass is 79.9. The zero-order chi connectivity index (χ0) is 14.0. The van der Waals surface area contributed by atoms with E-state index in [1.807, 2.05) is 0 Å². The molecule has 0 aliphatic carbocycles. The molecule has 19 heavy (non-hydrogen) atoms. The van der Waals surface area contributed by atoms with Crippen LogP contribution in [-0.2, 0) is 10.0 Å². The van der Waals surface area contributed by atoms with Gasteiger partial charge in [0.05, 0.1) is 10.6 Å². The summed E-state index contributed by atoms with van der Waals surface area (Å²) in [6.07, 6.45) is 0. The highest BCUT2D eigenvalue weighted by molar-refractivity contribution is 9.10. The number of hydrogen-bond acceptors (Lipinski definition) is 3. The van der Waals surface area contributed by atoms with E-state index < -0.39 is 15.8 Å². The Kier molecular flexibility index (Phi) is 3.77. The maximum Gasteiger partial charge on any atom is 0.261 e. The van der Waals surface area contributed by atoms with Crippen LogP contribution in [0.1, 0.15) is 0 Å². The van der Waals surface area contributed by atoms with Gasteiger partial charge in [-0.05, 0) is 52.3 Å². The van der Waals surface area contributed by atoms with E-state index in [-0.39, 0.29) is 10.6 Å². The van der Waals surface area contributed by atoms with Gasteiger partial charge in [-0.25, -0.2) is 12.8 Å². The number of benzene rings is 2. The summed E-state index contributed by atoms with van der Waals surface area (Å²) in [6, 6.07) is 9.48. The number of nitrogen functional groups attached to an aromatic ring is 1. The third-order valence-corrected chi connectivity index (χ3v) is 4.46. The first-order chi connectivity index (χ1) is 8.88. The molecule has 0 heterocycles. The number of halogens is 2. The van der Waals surface area contributed by atoms with Crippen molar-refractivity contribution in [2.75, 3.05) is 10.5 Å². The van der Waals surface area contributed by atoms with Crippen molar-refractivity contribution in [3.05, 3.63) is 52.8 Å². The summed E-state index contributed by atoms with van der Waals surface area (Å²) in [5.41, 5.74) is 6.10. The fourth-order valence-corrected chi connectivity index (χ4v) is 2.79. The van der Waals surface area contributed by atoms with Gasteiger partial charge in [-0.3, -0.25) is 4.72 Å². The molecule has 0 aromatic heterocycles. The summed E-state index contributed by atoms with van der Waals surface area (Å²) < 4.78 is 40.0. The molecule has 100 valence electrons. The molecule has 0 atom stereocenters. The third-order valence-electron chi connectivity index (χ3n) is 2.35. The molecule has 7 heteroatoms. The first kappa shape index (κ1) is 13.8. The normalized spacial score (nSPS) is 11.3. The van der Waals surface area contributed by atoms with Gasteiger partial charge in [-0.15, -0.1) is 0 Å². The summed E-state index contributed by atoms with van der Waals surface area (Å²) in [7, 11) is -3.79. The minimum Gasteiger partial charge on any atom is -0.398 e. The SMILES string of the molecule is Nc1cc(S(=O)(=O)Nc2cccc(F)c2)ccc1Br. The van der Waals surface area contributed by atoms with Crippen molar-refractivity contribution in [2.24, 2.45) is 0 Å². The number of anilines is 2. The van der Waals surface area contributed by atoms with Crippen molar-refractivity contribution in [3.8, 4) is 0 Å². The highest BCUT2D eigenvalue weighted by Crippen LogP contribution is 2.24. The van der Waals surface area contributed by atoms with E-state index in [1.54, 1.807) is 0 Å². The fourth-order valence-electron chi connectivity index (χ4n) is 1.46. The lowest BCUT2D eigenvalue weighted by molar-refractivity contribution is 0.601. The van der Waals surface area contributed by atoms with Crippen molar-refractivity contribution < 1.29 is 12.8 Å². The molecule has 0 fully saturated rings. The molecule has 0 aliphatic rings. The molecule has 0 amide bonds. The smallest absolute Gasteiger partial charge is 0.261 e. The molecule has 0 bridgehead atoms. The Labute approximate surface area is 118 Å². The van der Waals surface area contributed by atoms with Gasteiger partial charge in [-0.1, -0.05) is 6.07 Å². The molecule has 0 aliphatic heterocycles. The van der Waals surface area contributed by atoms with Crippen LogP contribution in [-0.4, -0.2) is 8.42 Å². The number of nitrogens with one attached hydrogen (secondary N) is 1. The Morgan fingerprint density at radius 2 is 1.89 bits per heavy atom. The van der Waals surface area contributed by atoms with Gasteiger partial charge < -0.3 is 5.73 Å². The number of rotatable bonds is 3. The molecule has 0 saturated carbocycles. The first-order valence-corrected chi connectivity index (χ1v) is 7.49. The molecule has 0 unspecified atom stereocenters.